The van der Waals surface area contributed by atoms with E-state index in [1.807, 2.05) is 19.1 Å². The van der Waals surface area contributed by atoms with E-state index in [0.29, 0.717) is 5.56 Å². The van der Waals surface area contributed by atoms with Crippen LogP contribution in [0.3, 0.4) is 0 Å². The molecule has 0 saturated heterocycles. The fourth-order valence-electron chi connectivity index (χ4n) is 2.02. The molecule has 0 aromatic carbocycles. The van der Waals surface area contributed by atoms with Crippen molar-refractivity contribution in [3.05, 3.63) is 23.4 Å². The topological polar surface area (TPSA) is 74.7 Å². The maximum Gasteiger partial charge on any atom is 0.170 e. The second kappa shape index (κ2) is 5.25. The van der Waals surface area contributed by atoms with Gasteiger partial charge in [0.25, 0.3) is 0 Å². The van der Waals surface area contributed by atoms with Crippen molar-refractivity contribution >= 4 is 11.7 Å². The van der Waals surface area contributed by atoms with Crippen LogP contribution in [0, 0.1) is 12.8 Å². The van der Waals surface area contributed by atoms with Gasteiger partial charge in [0, 0.05) is 24.3 Å². The molecule has 1 heterocycles. The number of nitrogens with two attached hydrogens (primary N) is 1. The zero-order valence-corrected chi connectivity index (χ0v) is 10.9. The molecule has 0 amide bonds. The standard InChI is InChI=1S/C13H20N4O/c1-3-17(8-10-4-5-10)12-7-11(13(14)16-18)6-9(2)15-12/h6-7,10,18H,3-5,8H2,1-2H3,(H2,14,16). The van der Waals surface area contributed by atoms with Crippen LogP contribution in [0.2, 0.25) is 0 Å². The number of hydrogen-bond donors (Lipinski definition) is 2. The predicted octanol–water partition coefficient (Wildman–Crippen LogP) is 1.72. The van der Waals surface area contributed by atoms with Gasteiger partial charge in [0.15, 0.2) is 5.84 Å². The van der Waals surface area contributed by atoms with Crippen molar-refractivity contribution in [2.45, 2.75) is 26.7 Å². The summed E-state index contributed by atoms with van der Waals surface area (Å²) in [6.07, 6.45) is 2.63. The van der Waals surface area contributed by atoms with Crippen LogP contribution in [0.15, 0.2) is 17.3 Å². The highest BCUT2D eigenvalue weighted by molar-refractivity contribution is 5.97. The van der Waals surface area contributed by atoms with Crippen LogP contribution in [-0.4, -0.2) is 29.1 Å². The molecule has 0 spiro atoms. The zero-order chi connectivity index (χ0) is 13.1. The molecule has 1 aromatic rings. The highest BCUT2D eigenvalue weighted by atomic mass is 16.4. The summed E-state index contributed by atoms with van der Waals surface area (Å²) in [4.78, 5) is 6.79. The van der Waals surface area contributed by atoms with E-state index in [2.05, 4.69) is 22.0 Å². The highest BCUT2D eigenvalue weighted by Crippen LogP contribution is 2.31. The average molecular weight is 248 g/mol. The normalized spacial score (nSPS) is 15.8. The number of aromatic nitrogens is 1. The molecule has 1 fully saturated rings. The van der Waals surface area contributed by atoms with Crippen LogP contribution in [0.1, 0.15) is 31.0 Å². The Morgan fingerprint density at radius 1 is 1.56 bits per heavy atom. The Hall–Kier alpha value is -1.78. The largest absolute Gasteiger partial charge is 0.409 e. The Labute approximate surface area is 107 Å². The Bertz CT molecular complexity index is 454. The van der Waals surface area contributed by atoms with Gasteiger partial charge >= 0.3 is 0 Å². The molecule has 0 radical (unpaired) electrons. The summed E-state index contributed by atoms with van der Waals surface area (Å²) in [5, 5.41) is 11.8. The fraction of sp³-hybridized carbons (Fsp3) is 0.538. The van der Waals surface area contributed by atoms with Gasteiger partial charge in [-0.1, -0.05) is 5.16 Å². The van der Waals surface area contributed by atoms with E-state index in [-0.39, 0.29) is 5.84 Å². The van der Waals surface area contributed by atoms with Crippen LogP contribution in [0.5, 0.6) is 0 Å². The lowest BCUT2D eigenvalue weighted by atomic mass is 10.2. The van der Waals surface area contributed by atoms with Crippen LogP contribution in [0.4, 0.5) is 5.82 Å². The van der Waals surface area contributed by atoms with Crippen molar-refractivity contribution in [3.63, 3.8) is 0 Å². The van der Waals surface area contributed by atoms with E-state index in [1.165, 1.54) is 12.8 Å². The lowest BCUT2D eigenvalue weighted by Gasteiger charge is -2.22. The molecular formula is C13H20N4O. The SMILES string of the molecule is CCN(CC1CC1)c1cc(/C(N)=N/O)cc(C)n1. The van der Waals surface area contributed by atoms with Crippen molar-refractivity contribution < 1.29 is 5.21 Å². The number of amidine groups is 1. The smallest absolute Gasteiger partial charge is 0.170 e. The van der Waals surface area contributed by atoms with E-state index in [4.69, 9.17) is 10.9 Å². The molecule has 98 valence electrons. The summed E-state index contributed by atoms with van der Waals surface area (Å²) in [6, 6.07) is 3.71. The second-order valence-corrected chi connectivity index (χ2v) is 4.82. The zero-order valence-electron chi connectivity index (χ0n) is 10.9. The molecule has 18 heavy (non-hydrogen) atoms. The minimum absolute atomic E-state index is 0.129. The molecule has 1 aromatic heterocycles. The van der Waals surface area contributed by atoms with Gasteiger partial charge < -0.3 is 15.8 Å². The first-order chi connectivity index (χ1) is 8.63. The maximum atomic E-state index is 8.75. The highest BCUT2D eigenvalue weighted by Gasteiger charge is 2.24. The van der Waals surface area contributed by atoms with Gasteiger partial charge in [-0.2, -0.15) is 0 Å². The molecule has 2 rings (SSSR count). The third kappa shape index (κ3) is 2.91. The lowest BCUT2D eigenvalue weighted by molar-refractivity contribution is 0.318. The Balaban J connectivity index is 2.27. The van der Waals surface area contributed by atoms with Crippen molar-refractivity contribution in [1.29, 1.82) is 0 Å². The molecule has 5 nitrogen and oxygen atoms in total. The first-order valence-electron chi connectivity index (χ1n) is 6.35. The van der Waals surface area contributed by atoms with E-state index < -0.39 is 0 Å². The Morgan fingerprint density at radius 3 is 2.83 bits per heavy atom. The van der Waals surface area contributed by atoms with E-state index in [1.54, 1.807) is 0 Å². The molecule has 0 unspecified atom stereocenters. The van der Waals surface area contributed by atoms with Gasteiger partial charge in [0.2, 0.25) is 0 Å². The minimum atomic E-state index is 0.129. The van der Waals surface area contributed by atoms with Gasteiger partial charge in [-0.3, -0.25) is 0 Å². The molecule has 5 heteroatoms. The monoisotopic (exact) mass is 248 g/mol. The molecule has 0 aliphatic heterocycles. The number of anilines is 1. The molecule has 0 atom stereocenters. The third-order valence-corrected chi connectivity index (χ3v) is 3.22. The molecular weight excluding hydrogens is 228 g/mol. The quantitative estimate of drug-likeness (QED) is 0.360. The Kier molecular flexibility index (Phi) is 3.69. The maximum absolute atomic E-state index is 8.75. The number of pyridine rings is 1. The van der Waals surface area contributed by atoms with Crippen molar-refractivity contribution in [1.82, 2.24) is 4.98 Å². The molecule has 1 saturated carbocycles. The first kappa shape index (κ1) is 12.7. The van der Waals surface area contributed by atoms with Crippen LogP contribution < -0.4 is 10.6 Å². The fourth-order valence-corrected chi connectivity index (χ4v) is 2.02. The number of rotatable bonds is 5. The van der Waals surface area contributed by atoms with Gasteiger partial charge in [-0.05, 0) is 44.7 Å². The predicted molar refractivity (Wildman–Crippen MR) is 72.1 cm³/mol. The van der Waals surface area contributed by atoms with Gasteiger partial charge in [-0.15, -0.1) is 0 Å². The van der Waals surface area contributed by atoms with Gasteiger partial charge in [-0.25, -0.2) is 4.98 Å². The van der Waals surface area contributed by atoms with E-state index in [0.717, 1.165) is 30.5 Å². The summed E-state index contributed by atoms with van der Waals surface area (Å²) < 4.78 is 0. The minimum Gasteiger partial charge on any atom is -0.409 e. The van der Waals surface area contributed by atoms with Crippen molar-refractivity contribution in [3.8, 4) is 0 Å². The Morgan fingerprint density at radius 2 is 2.28 bits per heavy atom. The summed E-state index contributed by atoms with van der Waals surface area (Å²) >= 11 is 0. The molecule has 1 aliphatic rings. The van der Waals surface area contributed by atoms with Gasteiger partial charge in [0.1, 0.15) is 5.82 Å². The van der Waals surface area contributed by atoms with Crippen LogP contribution in [-0.2, 0) is 0 Å². The molecule has 1 aliphatic carbocycles. The third-order valence-electron chi connectivity index (χ3n) is 3.22. The number of oxime groups is 1. The van der Waals surface area contributed by atoms with Crippen LogP contribution >= 0.6 is 0 Å². The first-order valence-corrected chi connectivity index (χ1v) is 6.35. The van der Waals surface area contributed by atoms with Crippen molar-refractivity contribution in [2.24, 2.45) is 16.8 Å². The molecule has 0 bridgehead atoms. The van der Waals surface area contributed by atoms with Crippen molar-refractivity contribution in [2.75, 3.05) is 18.0 Å². The van der Waals surface area contributed by atoms with Gasteiger partial charge in [0.05, 0.1) is 0 Å². The van der Waals surface area contributed by atoms with E-state index >= 15 is 0 Å². The second-order valence-electron chi connectivity index (χ2n) is 4.82. The summed E-state index contributed by atoms with van der Waals surface area (Å²) in [6.45, 7) is 6.00. The number of hydrogen-bond acceptors (Lipinski definition) is 4. The summed E-state index contributed by atoms with van der Waals surface area (Å²) in [5.41, 5.74) is 7.24. The lowest BCUT2D eigenvalue weighted by Crippen LogP contribution is -2.27. The number of aryl methyl sites for hydroxylation is 1. The summed E-state index contributed by atoms with van der Waals surface area (Å²) in [5.74, 6) is 1.84. The molecule has 3 N–H and O–H groups in total. The van der Waals surface area contributed by atoms with Crippen LogP contribution in [0.25, 0.3) is 0 Å². The summed E-state index contributed by atoms with van der Waals surface area (Å²) in [7, 11) is 0. The van der Waals surface area contributed by atoms with E-state index in [9.17, 15) is 0 Å². The number of nitrogens with zero attached hydrogens (tertiary/aromatic N) is 3. The average Bonchev–Trinajstić information content (AvgIpc) is 3.18.